The van der Waals surface area contributed by atoms with Crippen LogP contribution in [0, 0.1) is 0 Å². The van der Waals surface area contributed by atoms with Gasteiger partial charge in [-0.05, 0) is 62.3 Å². The van der Waals surface area contributed by atoms with Gasteiger partial charge in [-0.15, -0.1) is 0 Å². The molecule has 0 bridgehead atoms. The van der Waals surface area contributed by atoms with Gasteiger partial charge in [-0.25, -0.2) is 15.0 Å². The SMILES string of the molecule is c1ccc(Nc2cccc(C3CCN(Cc4nc5ccccc5[nH]4)CC3)n2)nc1. The second-order valence-electron chi connectivity index (χ2n) is 7.54. The molecule has 4 heterocycles. The first-order valence-corrected chi connectivity index (χ1v) is 10.1. The number of nitrogens with one attached hydrogen (secondary N) is 2. The van der Waals surface area contributed by atoms with Gasteiger partial charge in [0.1, 0.15) is 17.5 Å². The summed E-state index contributed by atoms with van der Waals surface area (Å²) in [7, 11) is 0. The molecule has 1 aliphatic rings. The Balaban J connectivity index is 1.21. The number of fused-ring (bicyclic) bond motifs is 1. The predicted molar refractivity (Wildman–Crippen MR) is 115 cm³/mol. The van der Waals surface area contributed by atoms with Crippen LogP contribution in [0.1, 0.15) is 30.3 Å². The monoisotopic (exact) mass is 384 g/mol. The Morgan fingerprint density at radius 2 is 1.72 bits per heavy atom. The van der Waals surface area contributed by atoms with Crippen molar-refractivity contribution in [3.63, 3.8) is 0 Å². The number of rotatable bonds is 5. The van der Waals surface area contributed by atoms with Gasteiger partial charge in [-0.2, -0.15) is 0 Å². The number of piperidine rings is 1. The van der Waals surface area contributed by atoms with E-state index in [0.29, 0.717) is 5.92 Å². The minimum atomic E-state index is 0.493. The first-order chi connectivity index (χ1) is 14.3. The van der Waals surface area contributed by atoms with Crippen LogP contribution >= 0.6 is 0 Å². The van der Waals surface area contributed by atoms with Crippen molar-refractivity contribution in [1.82, 2.24) is 24.8 Å². The summed E-state index contributed by atoms with van der Waals surface area (Å²) in [6.07, 6.45) is 4.00. The third-order valence-corrected chi connectivity index (χ3v) is 5.51. The molecular weight excluding hydrogens is 360 g/mol. The van der Waals surface area contributed by atoms with E-state index in [2.05, 4.69) is 44.5 Å². The third-order valence-electron chi connectivity index (χ3n) is 5.51. The number of benzene rings is 1. The van der Waals surface area contributed by atoms with E-state index in [1.165, 1.54) is 0 Å². The second-order valence-corrected chi connectivity index (χ2v) is 7.54. The van der Waals surface area contributed by atoms with Gasteiger partial charge in [-0.1, -0.05) is 24.3 Å². The highest BCUT2D eigenvalue weighted by Crippen LogP contribution is 2.28. The van der Waals surface area contributed by atoms with Gasteiger partial charge in [0.05, 0.1) is 17.6 Å². The fraction of sp³-hybridized carbons (Fsp3) is 0.261. The number of hydrogen-bond acceptors (Lipinski definition) is 5. The number of pyridine rings is 2. The zero-order valence-corrected chi connectivity index (χ0v) is 16.3. The zero-order chi connectivity index (χ0) is 19.5. The van der Waals surface area contributed by atoms with E-state index in [1.807, 2.05) is 36.4 Å². The third kappa shape index (κ3) is 4.12. The number of imidazole rings is 1. The molecule has 3 aromatic heterocycles. The van der Waals surface area contributed by atoms with Crippen molar-refractivity contribution in [2.75, 3.05) is 18.4 Å². The van der Waals surface area contributed by atoms with Gasteiger partial charge < -0.3 is 10.3 Å². The van der Waals surface area contributed by atoms with Crippen LogP contribution in [0.4, 0.5) is 11.6 Å². The summed E-state index contributed by atoms with van der Waals surface area (Å²) in [5, 5.41) is 3.29. The van der Waals surface area contributed by atoms with Crippen molar-refractivity contribution in [3.8, 4) is 0 Å². The summed E-state index contributed by atoms with van der Waals surface area (Å²) in [6.45, 7) is 2.98. The van der Waals surface area contributed by atoms with Crippen LogP contribution in [0.3, 0.4) is 0 Å². The van der Waals surface area contributed by atoms with E-state index in [-0.39, 0.29) is 0 Å². The molecule has 5 rings (SSSR count). The van der Waals surface area contributed by atoms with Crippen LogP contribution in [0.5, 0.6) is 0 Å². The fourth-order valence-corrected chi connectivity index (χ4v) is 4.00. The summed E-state index contributed by atoms with van der Waals surface area (Å²) in [4.78, 5) is 19.8. The number of H-pyrrole nitrogens is 1. The van der Waals surface area contributed by atoms with Crippen molar-refractivity contribution < 1.29 is 0 Å². The molecule has 4 aromatic rings. The van der Waals surface area contributed by atoms with E-state index in [0.717, 1.165) is 66.7 Å². The molecule has 0 amide bonds. The summed E-state index contributed by atoms with van der Waals surface area (Å²) < 4.78 is 0. The van der Waals surface area contributed by atoms with Crippen molar-refractivity contribution in [2.45, 2.75) is 25.3 Å². The molecule has 0 atom stereocenters. The average Bonchev–Trinajstić information content (AvgIpc) is 3.17. The molecule has 0 spiro atoms. The smallest absolute Gasteiger partial charge is 0.131 e. The summed E-state index contributed by atoms with van der Waals surface area (Å²) in [5.41, 5.74) is 3.31. The number of likely N-dealkylation sites (tertiary alicyclic amines) is 1. The Morgan fingerprint density at radius 1 is 0.897 bits per heavy atom. The highest BCUT2D eigenvalue weighted by atomic mass is 15.2. The standard InChI is InChI=1S/C23H24N6/c1-2-7-20-19(6-1)26-23(27-20)16-29-14-11-17(12-15-29)18-8-5-10-22(25-18)28-21-9-3-4-13-24-21/h1-10,13,17H,11-12,14-16H2,(H,26,27)(H,24,25,28). The number of para-hydroxylation sites is 2. The van der Waals surface area contributed by atoms with Crippen LogP contribution in [-0.2, 0) is 6.54 Å². The molecule has 6 heteroatoms. The number of aromatic amines is 1. The molecule has 0 radical (unpaired) electrons. The van der Waals surface area contributed by atoms with E-state index in [4.69, 9.17) is 9.97 Å². The van der Waals surface area contributed by atoms with E-state index >= 15 is 0 Å². The molecule has 2 N–H and O–H groups in total. The highest BCUT2D eigenvalue weighted by molar-refractivity contribution is 5.74. The van der Waals surface area contributed by atoms with Gasteiger partial charge >= 0.3 is 0 Å². The maximum absolute atomic E-state index is 4.84. The summed E-state index contributed by atoms with van der Waals surface area (Å²) in [5.74, 6) is 3.21. The predicted octanol–water partition coefficient (Wildman–Crippen LogP) is 4.48. The average molecular weight is 384 g/mol. The molecular formula is C23H24N6. The van der Waals surface area contributed by atoms with Crippen molar-refractivity contribution in [2.24, 2.45) is 0 Å². The molecule has 146 valence electrons. The molecule has 0 aliphatic carbocycles. The largest absolute Gasteiger partial charge is 0.341 e. The number of hydrogen-bond donors (Lipinski definition) is 2. The molecule has 1 saturated heterocycles. The maximum Gasteiger partial charge on any atom is 0.131 e. The molecule has 0 saturated carbocycles. The Bertz CT molecular complexity index is 1050. The number of aromatic nitrogens is 4. The maximum atomic E-state index is 4.84. The molecule has 1 aromatic carbocycles. The minimum Gasteiger partial charge on any atom is -0.341 e. The Morgan fingerprint density at radius 3 is 2.55 bits per heavy atom. The van der Waals surface area contributed by atoms with Crippen LogP contribution in [-0.4, -0.2) is 37.9 Å². The van der Waals surface area contributed by atoms with Crippen molar-refractivity contribution >= 4 is 22.7 Å². The van der Waals surface area contributed by atoms with Gasteiger partial charge in [0.2, 0.25) is 0 Å². The first kappa shape index (κ1) is 17.8. The molecule has 1 fully saturated rings. The van der Waals surface area contributed by atoms with Crippen molar-refractivity contribution in [3.05, 3.63) is 78.4 Å². The van der Waals surface area contributed by atoms with Gasteiger partial charge in [-0.3, -0.25) is 4.90 Å². The van der Waals surface area contributed by atoms with E-state index < -0.39 is 0 Å². The molecule has 0 unspecified atom stereocenters. The second kappa shape index (κ2) is 8.01. The first-order valence-electron chi connectivity index (χ1n) is 10.1. The Kier molecular flexibility index (Phi) is 4.92. The number of nitrogens with zero attached hydrogens (tertiary/aromatic N) is 4. The topological polar surface area (TPSA) is 69.7 Å². The Hall–Kier alpha value is -3.25. The van der Waals surface area contributed by atoms with Crippen LogP contribution in [0.25, 0.3) is 11.0 Å². The molecule has 1 aliphatic heterocycles. The zero-order valence-electron chi connectivity index (χ0n) is 16.3. The van der Waals surface area contributed by atoms with Crippen LogP contribution in [0.15, 0.2) is 66.9 Å². The lowest BCUT2D eigenvalue weighted by Crippen LogP contribution is -2.33. The van der Waals surface area contributed by atoms with Gasteiger partial charge in [0.15, 0.2) is 0 Å². The van der Waals surface area contributed by atoms with Gasteiger partial charge in [0, 0.05) is 17.8 Å². The normalized spacial score (nSPS) is 15.6. The lowest BCUT2D eigenvalue weighted by Gasteiger charge is -2.31. The number of anilines is 2. The quantitative estimate of drug-likeness (QED) is 0.531. The van der Waals surface area contributed by atoms with E-state index in [9.17, 15) is 0 Å². The minimum absolute atomic E-state index is 0.493. The fourth-order valence-electron chi connectivity index (χ4n) is 4.00. The van der Waals surface area contributed by atoms with Crippen LogP contribution in [0.2, 0.25) is 0 Å². The lowest BCUT2D eigenvalue weighted by molar-refractivity contribution is 0.199. The Labute approximate surface area is 170 Å². The van der Waals surface area contributed by atoms with Gasteiger partial charge in [0.25, 0.3) is 0 Å². The molecule has 29 heavy (non-hydrogen) atoms. The van der Waals surface area contributed by atoms with Crippen molar-refractivity contribution in [1.29, 1.82) is 0 Å². The highest BCUT2D eigenvalue weighted by Gasteiger charge is 2.22. The summed E-state index contributed by atoms with van der Waals surface area (Å²) in [6, 6.07) is 20.2. The summed E-state index contributed by atoms with van der Waals surface area (Å²) >= 11 is 0. The van der Waals surface area contributed by atoms with E-state index in [1.54, 1.807) is 6.20 Å². The lowest BCUT2D eigenvalue weighted by atomic mass is 9.93. The molecule has 6 nitrogen and oxygen atoms in total. The van der Waals surface area contributed by atoms with Crippen LogP contribution < -0.4 is 5.32 Å².